The Morgan fingerprint density at radius 2 is 1.82 bits per heavy atom. The van der Waals surface area contributed by atoms with E-state index < -0.39 is 11.9 Å². The van der Waals surface area contributed by atoms with Gasteiger partial charge in [0.25, 0.3) is 0 Å². The van der Waals surface area contributed by atoms with Crippen LogP contribution in [0.5, 0.6) is 5.75 Å². The number of primary amides is 1. The predicted molar refractivity (Wildman–Crippen MR) is 107 cm³/mol. The Balaban J connectivity index is 1.44. The molecule has 1 heterocycles. The number of hydrazine groups is 1. The molecule has 28 heavy (non-hydrogen) atoms. The highest BCUT2D eigenvalue weighted by atomic mass is 16.5. The van der Waals surface area contributed by atoms with Crippen LogP contribution in [0.25, 0.3) is 0 Å². The van der Waals surface area contributed by atoms with Crippen molar-refractivity contribution in [3.63, 3.8) is 0 Å². The Hall–Kier alpha value is -2.86. The highest BCUT2D eigenvalue weighted by Crippen LogP contribution is 2.16. The maximum Gasteiger partial charge on any atom is 0.238 e. The summed E-state index contributed by atoms with van der Waals surface area (Å²) in [5.41, 5.74) is 10.3. The first-order valence-corrected chi connectivity index (χ1v) is 9.57. The number of ether oxygens (including phenoxy) is 1. The van der Waals surface area contributed by atoms with Crippen molar-refractivity contribution in [2.45, 2.75) is 38.3 Å². The second-order valence-electron chi connectivity index (χ2n) is 6.91. The number of carbonyl (C=O) groups excluding carboxylic acids is 2. The molecule has 1 aliphatic heterocycles. The molecule has 1 atom stereocenters. The smallest absolute Gasteiger partial charge is 0.238 e. The Kier molecular flexibility index (Phi) is 7.03. The van der Waals surface area contributed by atoms with Gasteiger partial charge in [0.15, 0.2) is 0 Å². The van der Waals surface area contributed by atoms with E-state index in [1.807, 2.05) is 54.6 Å². The van der Waals surface area contributed by atoms with Gasteiger partial charge in [0.1, 0.15) is 18.4 Å². The van der Waals surface area contributed by atoms with Gasteiger partial charge in [-0.2, -0.15) is 0 Å². The standard InChI is InChI=1S/C22H26N3O3/c23-22(27)20-8-4-5-15-25(20)24-21(26)14-11-17-9-12-19(13-10-17)28-16-18-6-2-1-3-7-18/h1-3,6-7,9-10,12-14,20H,4-5,8,11,15-16H2,(H2,23,27)(H,24,26). The normalized spacial score (nSPS) is 17.1. The van der Waals surface area contributed by atoms with Gasteiger partial charge in [-0.25, -0.2) is 5.01 Å². The molecular formula is C22H26N3O3. The molecule has 1 aliphatic rings. The molecule has 1 radical (unpaired) electrons. The summed E-state index contributed by atoms with van der Waals surface area (Å²) >= 11 is 0. The van der Waals surface area contributed by atoms with Gasteiger partial charge < -0.3 is 10.5 Å². The van der Waals surface area contributed by atoms with Crippen molar-refractivity contribution in [1.29, 1.82) is 0 Å². The SMILES string of the molecule is NC(=O)C1CCCCN1NC(=O)[CH]Cc1ccc(OCc2ccccc2)cc1. The van der Waals surface area contributed by atoms with Crippen LogP contribution >= 0.6 is 0 Å². The molecule has 2 amide bonds. The van der Waals surface area contributed by atoms with Gasteiger partial charge >= 0.3 is 0 Å². The van der Waals surface area contributed by atoms with Gasteiger partial charge in [-0.3, -0.25) is 15.0 Å². The molecule has 2 aromatic carbocycles. The Bertz CT molecular complexity index is 777. The molecule has 1 saturated heterocycles. The molecule has 0 bridgehead atoms. The van der Waals surface area contributed by atoms with Crippen molar-refractivity contribution in [3.05, 3.63) is 72.1 Å². The highest BCUT2D eigenvalue weighted by Gasteiger charge is 2.27. The quantitative estimate of drug-likeness (QED) is 0.736. The lowest BCUT2D eigenvalue weighted by Crippen LogP contribution is -2.55. The van der Waals surface area contributed by atoms with Crippen LogP contribution in [0, 0.1) is 6.42 Å². The maximum atomic E-state index is 12.2. The highest BCUT2D eigenvalue weighted by molar-refractivity contribution is 5.85. The summed E-state index contributed by atoms with van der Waals surface area (Å²) in [5, 5.41) is 1.66. The van der Waals surface area contributed by atoms with Gasteiger partial charge in [0.05, 0.1) is 6.42 Å². The molecular weight excluding hydrogens is 354 g/mol. The molecule has 6 heteroatoms. The zero-order valence-corrected chi connectivity index (χ0v) is 15.8. The third-order valence-corrected chi connectivity index (χ3v) is 4.78. The molecule has 3 rings (SSSR count). The predicted octanol–water partition coefficient (Wildman–Crippen LogP) is 2.38. The molecule has 1 fully saturated rings. The first kappa shape index (κ1) is 19.9. The fourth-order valence-electron chi connectivity index (χ4n) is 3.22. The van der Waals surface area contributed by atoms with E-state index in [0.29, 0.717) is 26.0 Å². The number of rotatable bonds is 8. The second-order valence-corrected chi connectivity index (χ2v) is 6.91. The monoisotopic (exact) mass is 380 g/mol. The molecule has 0 aliphatic carbocycles. The topological polar surface area (TPSA) is 84.7 Å². The van der Waals surface area contributed by atoms with Crippen LogP contribution in [0.4, 0.5) is 0 Å². The number of piperidine rings is 1. The van der Waals surface area contributed by atoms with Crippen LogP contribution in [-0.4, -0.2) is 29.4 Å². The number of nitrogens with two attached hydrogens (primary N) is 1. The fourth-order valence-corrected chi connectivity index (χ4v) is 3.22. The van der Waals surface area contributed by atoms with Gasteiger partial charge in [0, 0.05) is 6.54 Å². The number of nitrogens with zero attached hydrogens (tertiary/aromatic N) is 1. The Morgan fingerprint density at radius 1 is 1.07 bits per heavy atom. The number of benzene rings is 2. The lowest BCUT2D eigenvalue weighted by molar-refractivity contribution is -0.131. The lowest BCUT2D eigenvalue weighted by Gasteiger charge is -2.33. The zero-order chi connectivity index (χ0) is 19.8. The number of hydrogen-bond donors (Lipinski definition) is 2. The summed E-state index contributed by atoms with van der Waals surface area (Å²) in [7, 11) is 0. The van der Waals surface area contributed by atoms with E-state index in [0.717, 1.165) is 29.7 Å². The summed E-state index contributed by atoms with van der Waals surface area (Å²) < 4.78 is 5.77. The third-order valence-electron chi connectivity index (χ3n) is 4.78. The first-order valence-electron chi connectivity index (χ1n) is 9.57. The minimum Gasteiger partial charge on any atom is -0.489 e. The van der Waals surface area contributed by atoms with Crippen molar-refractivity contribution < 1.29 is 14.3 Å². The number of nitrogens with one attached hydrogen (secondary N) is 1. The second kappa shape index (κ2) is 9.90. The van der Waals surface area contributed by atoms with Crippen LogP contribution in [0.2, 0.25) is 0 Å². The van der Waals surface area contributed by atoms with Crippen molar-refractivity contribution in [2.24, 2.45) is 5.73 Å². The van der Waals surface area contributed by atoms with E-state index in [-0.39, 0.29) is 5.91 Å². The van der Waals surface area contributed by atoms with Crippen LogP contribution in [0.1, 0.15) is 30.4 Å². The molecule has 3 N–H and O–H groups in total. The van der Waals surface area contributed by atoms with E-state index in [9.17, 15) is 9.59 Å². The largest absolute Gasteiger partial charge is 0.489 e. The van der Waals surface area contributed by atoms with Crippen molar-refractivity contribution >= 4 is 11.8 Å². The summed E-state index contributed by atoms with van der Waals surface area (Å²) in [6.45, 7) is 1.16. The maximum absolute atomic E-state index is 12.2. The van der Waals surface area contributed by atoms with Gasteiger partial charge in [-0.05, 0) is 48.9 Å². The molecule has 0 spiro atoms. The lowest BCUT2D eigenvalue weighted by atomic mass is 10.0. The Labute approximate surface area is 165 Å². The van der Waals surface area contributed by atoms with Crippen LogP contribution in [0.3, 0.4) is 0 Å². The molecule has 1 unspecified atom stereocenters. The van der Waals surface area contributed by atoms with E-state index in [1.54, 1.807) is 11.4 Å². The van der Waals surface area contributed by atoms with Crippen LogP contribution < -0.4 is 15.9 Å². The minimum atomic E-state index is -0.424. The van der Waals surface area contributed by atoms with E-state index in [1.165, 1.54) is 0 Å². The third kappa shape index (κ3) is 5.82. The minimum absolute atomic E-state index is 0.224. The zero-order valence-electron chi connectivity index (χ0n) is 15.8. The molecule has 6 nitrogen and oxygen atoms in total. The first-order chi connectivity index (χ1) is 13.6. The van der Waals surface area contributed by atoms with Gasteiger partial charge in [0.2, 0.25) is 11.8 Å². The van der Waals surface area contributed by atoms with E-state index in [2.05, 4.69) is 5.43 Å². The van der Waals surface area contributed by atoms with Crippen molar-refractivity contribution in [2.75, 3.05) is 6.54 Å². The summed E-state index contributed by atoms with van der Waals surface area (Å²) in [6, 6.07) is 17.2. The van der Waals surface area contributed by atoms with Gasteiger partial charge in [-0.1, -0.05) is 42.5 Å². The average Bonchev–Trinajstić information content (AvgIpc) is 2.72. The summed E-state index contributed by atoms with van der Waals surface area (Å²) in [6.07, 6.45) is 4.64. The van der Waals surface area contributed by atoms with Crippen molar-refractivity contribution in [1.82, 2.24) is 10.4 Å². The number of amides is 2. The molecule has 2 aromatic rings. The van der Waals surface area contributed by atoms with Crippen molar-refractivity contribution in [3.8, 4) is 5.75 Å². The van der Waals surface area contributed by atoms with Crippen LogP contribution in [0.15, 0.2) is 54.6 Å². The number of hydrogen-bond acceptors (Lipinski definition) is 4. The average molecular weight is 380 g/mol. The molecule has 0 saturated carbocycles. The van der Waals surface area contributed by atoms with E-state index >= 15 is 0 Å². The fraction of sp³-hybridized carbons (Fsp3) is 0.318. The number of carbonyl (C=O) groups is 2. The summed E-state index contributed by atoms with van der Waals surface area (Å²) in [5.74, 6) is 0.165. The van der Waals surface area contributed by atoms with Crippen LogP contribution in [-0.2, 0) is 22.6 Å². The Morgan fingerprint density at radius 3 is 2.54 bits per heavy atom. The summed E-state index contributed by atoms with van der Waals surface area (Å²) in [4.78, 5) is 23.7. The molecule has 0 aromatic heterocycles. The van der Waals surface area contributed by atoms with Gasteiger partial charge in [-0.15, -0.1) is 0 Å². The van der Waals surface area contributed by atoms with E-state index in [4.69, 9.17) is 10.5 Å². The molecule has 147 valence electrons.